The van der Waals surface area contributed by atoms with E-state index in [1.54, 1.807) is 6.07 Å². The zero-order chi connectivity index (χ0) is 15.5. The molecule has 2 aromatic rings. The zero-order valence-corrected chi connectivity index (χ0v) is 13.0. The van der Waals surface area contributed by atoms with E-state index in [1.165, 1.54) is 12.1 Å². The number of fused-ring (bicyclic) bond motifs is 1. The van der Waals surface area contributed by atoms with Gasteiger partial charge in [-0.2, -0.15) is 0 Å². The molecule has 0 aliphatic carbocycles. The van der Waals surface area contributed by atoms with Crippen LogP contribution in [0.1, 0.15) is 24.1 Å². The molecule has 0 saturated carbocycles. The van der Waals surface area contributed by atoms with E-state index in [4.69, 9.17) is 21.1 Å². The Morgan fingerprint density at radius 2 is 1.91 bits per heavy atom. The minimum atomic E-state index is -0.326. The molecule has 0 spiro atoms. The van der Waals surface area contributed by atoms with Crippen molar-refractivity contribution in [3.63, 3.8) is 0 Å². The predicted octanol–water partition coefficient (Wildman–Crippen LogP) is 4.10. The maximum atomic E-state index is 13.1. The summed E-state index contributed by atoms with van der Waals surface area (Å²) >= 11 is 6.08. The Bertz CT molecular complexity index is 678. The molecule has 1 heterocycles. The van der Waals surface area contributed by atoms with Gasteiger partial charge in [0.25, 0.3) is 0 Å². The van der Waals surface area contributed by atoms with Gasteiger partial charge in [-0.15, -0.1) is 0 Å². The van der Waals surface area contributed by atoms with Crippen LogP contribution in [-0.2, 0) is 6.54 Å². The molecule has 0 radical (unpaired) electrons. The Labute approximate surface area is 134 Å². The summed E-state index contributed by atoms with van der Waals surface area (Å²) in [7, 11) is 0. The number of benzene rings is 2. The van der Waals surface area contributed by atoms with Gasteiger partial charge in [0.05, 0.1) is 0 Å². The lowest BCUT2D eigenvalue weighted by Crippen LogP contribution is -2.19. The van der Waals surface area contributed by atoms with Crippen molar-refractivity contribution in [3.8, 4) is 11.5 Å². The van der Waals surface area contributed by atoms with Gasteiger partial charge in [0, 0.05) is 17.6 Å². The van der Waals surface area contributed by atoms with Gasteiger partial charge >= 0.3 is 0 Å². The number of halogens is 2. The van der Waals surface area contributed by atoms with Gasteiger partial charge in [-0.25, -0.2) is 4.39 Å². The van der Waals surface area contributed by atoms with Crippen molar-refractivity contribution >= 4 is 11.6 Å². The zero-order valence-electron chi connectivity index (χ0n) is 12.2. The van der Waals surface area contributed by atoms with Gasteiger partial charge in [0.1, 0.15) is 19.0 Å². The van der Waals surface area contributed by atoms with E-state index in [0.29, 0.717) is 24.8 Å². The molecule has 1 N–H and O–H groups in total. The van der Waals surface area contributed by atoms with Crippen molar-refractivity contribution in [2.24, 2.45) is 0 Å². The minimum absolute atomic E-state index is 0.0151. The maximum Gasteiger partial charge on any atom is 0.161 e. The number of hydrogen-bond donors (Lipinski definition) is 1. The number of ether oxygens (including phenoxy) is 2. The van der Waals surface area contributed by atoms with Gasteiger partial charge in [-0.3, -0.25) is 0 Å². The molecular formula is C17H17ClFNO2. The Balaban J connectivity index is 1.66. The van der Waals surface area contributed by atoms with Gasteiger partial charge in [-0.1, -0.05) is 23.7 Å². The summed E-state index contributed by atoms with van der Waals surface area (Å²) in [5.41, 5.74) is 1.97. The Hall–Kier alpha value is -1.78. The molecule has 1 atom stereocenters. The number of hydrogen-bond acceptors (Lipinski definition) is 3. The van der Waals surface area contributed by atoms with Crippen LogP contribution in [0.2, 0.25) is 5.02 Å². The molecule has 116 valence electrons. The molecule has 1 aliphatic rings. The summed E-state index contributed by atoms with van der Waals surface area (Å²) in [5, 5.41) is 3.81. The topological polar surface area (TPSA) is 30.5 Å². The fraction of sp³-hybridized carbons (Fsp3) is 0.294. The van der Waals surface area contributed by atoms with Crippen molar-refractivity contribution in [1.29, 1.82) is 0 Å². The molecule has 2 aromatic carbocycles. The molecule has 3 nitrogen and oxygen atoms in total. The molecule has 0 bridgehead atoms. The van der Waals surface area contributed by atoms with Crippen molar-refractivity contribution in [2.75, 3.05) is 13.2 Å². The Kier molecular flexibility index (Phi) is 4.50. The molecule has 0 saturated heterocycles. The van der Waals surface area contributed by atoms with Crippen LogP contribution in [0.25, 0.3) is 0 Å². The van der Waals surface area contributed by atoms with Crippen LogP contribution in [0.3, 0.4) is 0 Å². The van der Waals surface area contributed by atoms with Gasteiger partial charge < -0.3 is 14.8 Å². The lowest BCUT2D eigenvalue weighted by atomic mass is 10.1. The quantitative estimate of drug-likeness (QED) is 0.919. The smallest absolute Gasteiger partial charge is 0.161 e. The third kappa shape index (κ3) is 3.34. The van der Waals surface area contributed by atoms with Gasteiger partial charge in [0.15, 0.2) is 11.5 Å². The van der Waals surface area contributed by atoms with Crippen molar-refractivity contribution < 1.29 is 13.9 Å². The van der Waals surface area contributed by atoms with E-state index in [1.807, 2.05) is 25.1 Å². The normalized spacial score (nSPS) is 14.7. The largest absolute Gasteiger partial charge is 0.486 e. The lowest BCUT2D eigenvalue weighted by molar-refractivity contribution is 0.171. The van der Waals surface area contributed by atoms with Crippen LogP contribution in [0.5, 0.6) is 11.5 Å². The van der Waals surface area contributed by atoms with E-state index < -0.39 is 0 Å². The molecular weight excluding hydrogens is 305 g/mol. The first-order chi connectivity index (χ1) is 10.6. The molecule has 3 rings (SSSR count). The van der Waals surface area contributed by atoms with Crippen LogP contribution in [0, 0.1) is 5.82 Å². The third-order valence-corrected chi connectivity index (χ3v) is 3.98. The van der Waals surface area contributed by atoms with Crippen LogP contribution in [0.4, 0.5) is 4.39 Å². The summed E-state index contributed by atoms with van der Waals surface area (Å²) in [6.45, 7) is 3.82. The summed E-state index contributed by atoms with van der Waals surface area (Å²) in [6.07, 6.45) is 0. The SMILES string of the molecule is CC(NCc1ccc2c(c1)OCCO2)c1ccc(F)cc1Cl. The lowest BCUT2D eigenvalue weighted by Gasteiger charge is -2.20. The highest BCUT2D eigenvalue weighted by atomic mass is 35.5. The van der Waals surface area contributed by atoms with Crippen LogP contribution in [0.15, 0.2) is 36.4 Å². The molecule has 0 amide bonds. The van der Waals surface area contributed by atoms with Crippen LogP contribution < -0.4 is 14.8 Å². The average Bonchev–Trinajstić information content (AvgIpc) is 2.52. The minimum Gasteiger partial charge on any atom is -0.486 e. The van der Waals surface area contributed by atoms with E-state index in [2.05, 4.69) is 5.32 Å². The highest BCUT2D eigenvalue weighted by molar-refractivity contribution is 6.31. The van der Waals surface area contributed by atoms with Crippen molar-refractivity contribution in [3.05, 3.63) is 58.4 Å². The number of rotatable bonds is 4. The van der Waals surface area contributed by atoms with E-state index >= 15 is 0 Å². The molecule has 0 fully saturated rings. The summed E-state index contributed by atoms with van der Waals surface area (Å²) in [5.74, 6) is 1.23. The molecule has 1 aliphatic heterocycles. The molecule has 0 aromatic heterocycles. The number of nitrogens with one attached hydrogen (secondary N) is 1. The first-order valence-electron chi connectivity index (χ1n) is 7.20. The standard InChI is InChI=1S/C17H17ClFNO2/c1-11(14-4-3-13(19)9-15(14)18)20-10-12-2-5-16-17(8-12)22-7-6-21-16/h2-5,8-9,11,20H,6-7,10H2,1H3. The van der Waals surface area contributed by atoms with E-state index in [9.17, 15) is 4.39 Å². The predicted molar refractivity (Wildman–Crippen MR) is 84.1 cm³/mol. The summed E-state index contributed by atoms with van der Waals surface area (Å²) in [6, 6.07) is 10.4. The first-order valence-corrected chi connectivity index (χ1v) is 7.58. The Morgan fingerprint density at radius 1 is 1.14 bits per heavy atom. The summed E-state index contributed by atoms with van der Waals surface area (Å²) in [4.78, 5) is 0. The fourth-order valence-electron chi connectivity index (χ4n) is 2.43. The first kappa shape index (κ1) is 15.1. The van der Waals surface area contributed by atoms with Gasteiger partial charge in [-0.05, 0) is 42.3 Å². The second-order valence-corrected chi connectivity index (χ2v) is 5.65. The van der Waals surface area contributed by atoms with E-state index in [-0.39, 0.29) is 11.9 Å². The monoisotopic (exact) mass is 321 g/mol. The highest BCUT2D eigenvalue weighted by Gasteiger charge is 2.13. The second-order valence-electron chi connectivity index (χ2n) is 5.25. The van der Waals surface area contributed by atoms with Crippen LogP contribution in [-0.4, -0.2) is 13.2 Å². The molecule has 22 heavy (non-hydrogen) atoms. The fourth-order valence-corrected chi connectivity index (χ4v) is 2.76. The van der Waals surface area contributed by atoms with Gasteiger partial charge in [0.2, 0.25) is 0 Å². The van der Waals surface area contributed by atoms with E-state index in [0.717, 1.165) is 22.6 Å². The van der Waals surface area contributed by atoms with Crippen molar-refractivity contribution in [2.45, 2.75) is 19.5 Å². The van der Waals surface area contributed by atoms with Crippen LogP contribution >= 0.6 is 11.6 Å². The molecule has 1 unspecified atom stereocenters. The van der Waals surface area contributed by atoms with Crippen molar-refractivity contribution in [1.82, 2.24) is 5.32 Å². The molecule has 5 heteroatoms. The highest BCUT2D eigenvalue weighted by Crippen LogP contribution is 2.31. The maximum absolute atomic E-state index is 13.1. The second kappa shape index (κ2) is 6.55. The third-order valence-electron chi connectivity index (χ3n) is 3.65. The Morgan fingerprint density at radius 3 is 2.68 bits per heavy atom. The average molecular weight is 322 g/mol. The summed E-state index contributed by atoms with van der Waals surface area (Å²) < 4.78 is 24.2.